The fraction of sp³-hybridized carbons (Fsp3) is 0.476. The molecule has 2 aromatic rings. The lowest BCUT2D eigenvalue weighted by Crippen LogP contribution is -2.43. The molecule has 1 aromatic carbocycles. The first kappa shape index (κ1) is 21.2. The number of rotatable bonds is 7. The Kier molecular flexibility index (Phi) is 7.19. The second-order valence-corrected chi connectivity index (χ2v) is 8.53. The number of amides is 2. The number of hydrogen-bond acceptors (Lipinski definition) is 5. The highest BCUT2D eigenvalue weighted by molar-refractivity contribution is 7.98. The summed E-state index contributed by atoms with van der Waals surface area (Å²) in [6.45, 7) is 2.23. The maximum absolute atomic E-state index is 12.8. The molecule has 3 N–H and O–H groups in total. The first-order valence-electron chi connectivity index (χ1n) is 9.87. The minimum Gasteiger partial charge on any atom is -0.408 e. The first-order chi connectivity index (χ1) is 13.9. The molecule has 29 heavy (non-hydrogen) atoms. The van der Waals surface area contributed by atoms with E-state index < -0.39 is 11.8 Å². The Morgan fingerprint density at radius 3 is 2.83 bits per heavy atom. The monoisotopic (exact) mass is 417 g/mol. The number of thioether (sulfide) groups is 1. The Bertz CT molecular complexity index is 952. The Balaban J connectivity index is 1.65. The van der Waals surface area contributed by atoms with Crippen molar-refractivity contribution in [2.75, 3.05) is 17.3 Å². The Morgan fingerprint density at radius 2 is 2.10 bits per heavy atom. The molecule has 3 rings (SSSR count). The molecule has 8 heteroatoms. The van der Waals surface area contributed by atoms with Crippen molar-refractivity contribution in [2.45, 2.75) is 45.1 Å². The summed E-state index contributed by atoms with van der Waals surface area (Å²) < 4.78 is 4.97. The van der Waals surface area contributed by atoms with Crippen LogP contribution in [0, 0.1) is 5.92 Å². The summed E-state index contributed by atoms with van der Waals surface area (Å²) in [6, 6.07) is 4.28. The van der Waals surface area contributed by atoms with E-state index in [0.717, 1.165) is 37.0 Å². The van der Waals surface area contributed by atoms with Gasteiger partial charge in [-0.15, -0.1) is 0 Å². The van der Waals surface area contributed by atoms with Crippen LogP contribution in [0.5, 0.6) is 0 Å². The zero-order chi connectivity index (χ0) is 20.8. The number of carbonyl (C=O) groups excluding carboxylic acids is 2. The van der Waals surface area contributed by atoms with E-state index in [9.17, 15) is 14.4 Å². The van der Waals surface area contributed by atoms with Gasteiger partial charge in [-0.25, -0.2) is 4.79 Å². The molecule has 2 amide bonds. The summed E-state index contributed by atoms with van der Waals surface area (Å²) >= 11 is 1.62. The van der Waals surface area contributed by atoms with Gasteiger partial charge in [-0.1, -0.05) is 12.5 Å². The highest BCUT2D eigenvalue weighted by atomic mass is 32.2. The van der Waals surface area contributed by atoms with Gasteiger partial charge in [-0.05, 0) is 68.2 Å². The number of benzene rings is 1. The maximum Gasteiger partial charge on any atom is 0.417 e. The molecule has 1 saturated carbocycles. The van der Waals surface area contributed by atoms with E-state index in [4.69, 9.17) is 4.42 Å². The molecule has 1 aliphatic rings. The molecule has 1 atom stereocenters. The minimum atomic E-state index is -0.631. The standard InChI is InChI=1S/C21H27N3O4S/c1-13-3-5-14(6-4-13)11-19(25)23-16(9-10-29-2)20(26)22-15-7-8-18-17(12-15)24-21(27)28-18/h7-8,11-13,16H,3-6,9-10H2,1-2H3,(H,22,26)(H,23,25)(H,24,27). The van der Waals surface area contributed by atoms with Gasteiger partial charge in [0.15, 0.2) is 5.58 Å². The molecule has 0 radical (unpaired) electrons. The molecule has 1 heterocycles. The normalized spacial score (nSPS) is 17.7. The molecule has 0 bridgehead atoms. The number of allylic oxidation sites excluding steroid dienone is 1. The quantitative estimate of drug-likeness (QED) is 0.599. The number of aromatic nitrogens is 1. The molecule has 1 unspecified atom stereocenters. The highest BCUT2D eigenvalue weighted by Gasteiger charge is 2.21. The van der Waals surface area contributed by atoms with E-state index in [1.807, 2.05) is 6.26 Å². The maximum atomic E-state index is 12.8. The third-order valence-electron chi connectivity index (χ3n) is 5.18. The van der Waals surface area contributed by atoms with Crippen molar-refractivity contribution in [2.24, 2.45) is 5.92 Å². The zero-order valence-electron chi connectivity index (χ0n) is 16.7. The lowest BCUT2D eigenvalue weighted by Gasteiger charge is -2.21. The molecular formula is C21H27N3O4S. The average Bonchev–Trinajstić information content (AvgIpc) is 3.06. The van der Waals surface area contributed by atoms with Crippen LogP contribution in [-0.4, -0.2) is 34.8 Å². The molecule has 0 spiro atoms. The Morgan fingerprint density at radius 1 is 1.34 bits per heavy atom. The molecule has 0 saturated heterocycles. The SMILES string of the molecule is CSCCC(NC(=O)C=C1CCC(C)CC1)C(=O)Nc1ccc2oc(=O)[nH]c2c1. The van der Waals surface area contributed by atoms with Gasteiger partial charge in [0.1, 0.15) is 6.04 Å². The van der Waals surface area contributed by atoms with Gasteiger partial charge in [0.2, 0.25) is 11.8 Å². The lowest BCUT2D eigenvalue weighted by molar-refractivity contribution is -0.123. The highest BCUT2D eigenvalue weighted by Crippen LogP contribution is 2.27. The molecule has 7 nitrogen and oxygen atoms in total. The molecule has 1 fully saturated rings. The van der Waals surface area contributed by atoms with Crippen LogP contribution in [0.3, 0.4) is 0 Å². The Hall–Kier alpha value is -2.48. The van der Waals surface area contributed by atoms with Crippen LogP contribution < -0.4 is 16.4 Å². The third-order valence-corrected chi connectivity index (χ3v) is 5.83. The van der Waals surface area contributed by atoms with Crippen molar-refractivity contribution in [3.63, 3.8) is 0 Å². The van der Waals surface area contributed by atoms with E-state index in [-0.39, 0.29) is 11.8 Å². The molecule has 0 aliphatic heterocycles. The van der Waals surface area contributed by atoms with Crippen LogP contribution in [0.2, 0.25) is 0 Å². The summed E-state index contributed by atoms with van der Waals surface area (Å²) in [5.41, 5.74) is 2.61. The second-order valence-electron chi connectivity index (χ2n) is 7.54. The van der Waals surface area contributed by atoms with Crippen molar-refractivity contribution < 1.29 is 14.0 Å². The van der Waals surface area contributed by atoms with Crippen LogP contribution in [0.1, 0.15) is 39.0 Å². The van der Waals surface area contributed by atoms with Crippen LogP contribution in [0.25, 0.3) is 11.1 Å². The van der Waals surface area contributed by atoms with Gasteiger partial charge in [0.05, 0.1) is 5.52 Å². The van der Waals surface area contributed by atoms with Gasteiger partial charge in [0.25, 0.3) is 0 Å². The topological polar surface area (TPSA) is 104 Å². The number of H-pyrrole nitrogens is 1. The summed E-state index contributed by atoms with van der Waals surface area (Å²) in [5, 5.41) is 5.67. The number of aromatic amines is 1. The summed E-state index contributed by atoms with van der Waals surface area (Å²) in [6.07, 6.45) is 8.25. The average molecular weight is 418 g/mol. The first-order valence-corrected chi connectivity index (χ1v) is 11.3. The number of nitrogens with one attached hydrogen (secondary N) is 3. The molecule has 1 aromatic heterocycles. The van der Waals surface area contributed by atoms with E-state index in [2.05, 4.69) is 22.5 Å². The number of oxazole rings is 1. The van der Waals surface area contributed by atoms with E-state index in [1.165, 1.54) is 0 Å². The van der Waals surface area contributed by atoms with Crippen molar-refractivity contribution in [1.29, 1.82) is 0 Å². The van der Waals surface area contributed by atoms with E-state index >= 15 is 0 Å². The smallest absolute Gasteiger partial charge is 0.408 e. The number of anilines is 1. The van der Waals surface area contributed by atoms with Crippen LogP contribution in [0.4, 0.5) is 5.69 Å². The van der Waals surface area contributed by atoms with Gasteiger partial charge in [0, 0.05) is 11.8 Å². The van der Waals surface area contributed by atoms with Gasteiger partial charge < -0.3 is 15.1 Å². The fourth-order valence-electron chi connectivity index (χ4n) is 3.44. The van der Waals surface area contributed by atoms with Gasteiger partial charge in [-0.3, -0.25) is 14.6 Å². The molecule has 156 valence electrons. The number of carbonyl (C=O) groups is 2. The number of hydrogen-bond donors (Lipinski definition) is 3. The van der Waals surface area contributed by atoms with Crippen LogP contribution in [0.15, 0.2) is 39.1 Å². The number of fused-ring (bicyclic) bond motifs is 1. The lowest BCUT2D eigenvalue weighted by atomic mass is 9.87. The van der Waals surface area contributed by atoms with Gasteiger partial charge >= 0.3 is 5.76 Å². The van der Waals surface area contributed by atoms with Crippen molar-refractivity contribution in [3.05, 3.63) is 40.4 Å². The van der Waals surface area contributed by atoms with Crippen LogP contribution >= 0.6 is 11.8 Å². The predicted octanol–water partition coefficient (Wildman–Crippen LogP) is 3.43. The van der Waals surface area contributed by atoms with Gasteiger partial charge in [-0.2, -0.15) is 11.8 Å². The summed E-state index contributed by atoms with van der Waals surface area (Å²) in [7, 11) is 0. The van der Waals surface area contributed by atoms with E-state index in [0.29, 0.717) is 29.1 Å². The predicted molar refractivity (Wildman–Crippen MR) is 116 cm³/mol. The zero-order valence-corrected chi connectivity index (χ0v) is 17.6. The van der Waals surface area contributed by atoms with Crippen molar-refractivity contribution in [1.82, 2.24) is 10.3 Å². The second kappa shape index (κ2) is 9.82. The van der Waals surface area contributed by atoms with Crippen LogP contribution in [-0.2, 0) is 9.59 Å². The largest absolute Gasteiger partial charge is 0.417 e. The molecular weight excluding hydrogens is 390 g/mol. The molecule has 1 aliphatic carbocycles. The third kappa shape index (κ3) is 6.00. The minimum absolute atomic E-state index is 0.217. The summed E-state index contributed by atoms with van der Waals surface area (Å²) in [5.74, 6) is 0.413. The Labute approximate surface area is 173 Å². The van der Waals surface area contributed by atoms with E-state index in [1.54, 1.807) is 36.0 Å². The van der Waals surface area contributed by atoms with Crippen molar-refractivity contribution >= 4 is 40.4 Å². The van der Waals surface area contributed by atoms with Crippen molar-refractivity contribution in [3.8, 4) is 0 Å². The fourth-order valence-corrected chi connectivity index (χ4v) is 3.91. The summed E-state index contributed by atoms with van der Waals surface area (Å²) in [4.78, 5) is 39.1.